The highest BCUT2D eigenvalue weighted by atomic mass is 32.2. The lowest BCUT2D eigenvalue weighted by molar-refractivity contribution is -0.120. The van der Waals surface area contributed by atoms with Crippen molar-refractivity contribution >= 4 is 21.6 Å². The lowest BCUT2D eigenvalue weighted by atomic mass is 10.1. The third-order valence-electron chi connectivity index (χ3n) is 4.02. The van der Waals surface area contributed by atoms with Gasteiger partial charge < -0.3 is 14.8 Å². The van der Waals surface area contributed by atoms with Crippen LogP contribution in [-0.4, -0.2) is 39.5 Å². The number of hydrogen-bond donors (Lipinski definition) is 1. The van der Waals surface area contributed by atoms with Crippen molar-refractivity contribution in [3.05, 3.63) is 18.2 Å². The summed E-state index contributed by atoms with van der Waals surface area (Å²) < 4.78 is 36.5. The first-order valence-corrected chi connectivity index (χ1v) is 9.55. The molecule has 1 aromatic rings. The highest BCUT2D eigenvalue weighted by molar-refractivity contribution is 7.92. The van der Waals surface area contributed by atoms with E-state index in [4.69, 9.17) is 9.47 Å². The first-order valence-electron chi connectivity index (χ1n) is 7.94. The Hall–Kier alpha value is -1.96. The minimum Gasteiger partial charge on any atom is -0.454 e. The molecule has 2 rings (SSSR count). The van der Waals surface area contributed by atoms with Crippen LogP contribution in [0.3, 0.4) is 0 Å². The van der Waals surface area contributed by atoms with Crippen molar-refractivity contribution in [1.29, 1.82) is 0 Å². The van der Waals surface area contributed by atoms with Gasteiger partial charge in [-0.25, -0.2) is 8.42 Å². The van der Waals surface area contributed by atoms with Crippen LogP contribution >= 0.6 is 0 Å². The van der Waals surface area contributed by atoms with Gasteiger partial charge in [0, 0.05) is 12.1 Å². The molecule has 0 unspecified atom stereocenters. The molecule has 134 valence electrons. The zero-order valence-corrected chi connectivity index (χ0v) is 15.2. The standard InChI is InChI=1S/C16H24N2O5S/c1-5-24(20,21)18(9-16(19)17-12(4)11(2)3)13-6-7-14-15(8-13)23-10-22-14/h6-8,11-12H,5,9-10H2,1-4H3,(H,17,19)/t12-/m1/s1. The Morgan fingerprint density at radius 2 is 1.92 bits per heavy atom. The zero-order valence-electron chi connectivity index (χ0n) is 14.4. The number of amides is 1. The first-order chi connectivity index (χ1) is 11.2. The number of hydrogen-bond acceptors (Lipinski definition) is 5. The number of fused-ring (bicyclic) bond motifs is 1. The molecule has 1 amide bonds. The van der Waals surface area contributed by atoms with Gasteiger partial charge in [0.05, 0.1) is 11.4 Å². The third kappa shape index (κ3) is 4.11. The first kappa shape index (κ1) is 18.4. The highest BCUT2D eigenvalue weighted by Gasteiger charge is 2.26. The normalized spacial score (nSPS) is 14.5. The average molecular weight is 356 g/mol. The van der Waals surface area contributed by atoms with Crippen molar-refractivity contribution in [2.75, 3.05) is 23.4 Å². The minimum absolute atomic E-state index is 0.0413. The van der Waals surface area contributed by atoms with Gasteiger partial charge in [-0.2, -0.15) is 0 Å². The molecule has 0 bridgehead atoms. The molecule has 24 heavy (non-hydrogen) atoms. The lowest BCUT2D eigenvalue weighted by Crippen LogP contribution is -2.45. The molecule has 1 aliphatic rings. The van der Waals surface area contributed by atoms with Gasteiger partial charge in [0.25, 0.3) is 0 Å². The molecule has 1 aliphatic heterocycles. The van der Waals surface area contributed by atoms with E-state index in [1.807, 2.05) is 20.8 Å². The molecule has 0 saturated carbocycles. The van der Waals surface area contributed by atoms with Crippen LogP contribution in [0.25, 0.3) is 0 Å². The van der Waals surface area contributed by atoms with E-state index in [1.165, 1.54) is 0 Å². The number of carbonyl (C=O) groups excluding carboxylic acids is 1. The number of nitrogens with zero attached hydrogens (tertiary/aromatic N) is 1. The summed E-state index contributed by atoms with van der Waals surface area (Å²) in [5, 5.41) is 2.83. The fourth-order valence-electron chi connectivity index (χ4n) is 2.14. The van der Waals surface area contributed by atoms with Crippen LogP contribution in [0.2, 0.25) is 0 Å². The van der Waals surface area contributed by atoms with Gasteiger partial charge in [-0.15, -0.1) is 0 Å². The minimum atomic E-state index is -3.61. The average Bonchev–Trinajstić information content (AvgIpc) is 2.99. The lowest BCUT2D eigenvalue weighted by Gasteiger charge is -2.25. The fourth-order valence-corrected chi connectivity index (χ4v) is 3.20. The van der Waals surface area contributed by atoms with Crippen LogP contribution in [0.15, 0.2) is 18.2 Å². The molecule has 1 aromatic carbocycles. The van der Waals surface area contributed by atoms with Crippen molar-refractivity contribution in [2.45, 2.75) is 33.7 Å². The summed E-state index contributed by atoms with van der Waals surface area (Å²) in [7, 11) is -3.61. The maximum Gasteiger partial charge on any atom is 0.240 e. The van der Waals surface area contributed by atoms with E-state index in [9.17, 15) is 13.2 Å². The molecule has 0 saturated heterocycles. The Kier molecular flexibility index (Phi) is 5.58. The van der Waals surface area contributed by atoms with E-state index >= 15 is 0 Å². The summed E-state index contributed by atoms with van der Waals surface area (Å²) >= 11 is 0. The summed E-state index contributed by atoms with van der Waals surface area (Å²) in [6.07, 6.45) is 0. The summed E-state index contributed by atoms with van der Waals surface area (Å²) in [5.41, 5.74) is 0.383. The van der Waals surface area contributed by atoms with Gasteiger partial charge in [0.1, 0.15) is 6.54 Å². The van der Waals surface area contributed by atoms with Crippen LogP contribution in [0.1, 0.15) is 27.7 Å². The van der Waals surface area contributed by atoms with Gasteiger partial charge >= 0.3 is 0 Å². The van der Waals surface area contributed by atoms with Crippen molar-refractivity contribution < 1.29 is 22.7 Å². The van der Waals surface area contributed by atoms with E-state index < -0.39 is 10.0 Å². The Balaban J connectivity index is 2.24. The van der Waals surface area contributed by atoms with Gasteiger partial charge in [0.15, 0.2) is 11.5 Å². The van der Waals surface area contributed by atoms with Gasteiger partial charge in [-0.3, -0.25) is 9.10 Å². The van der Waals surface area contributed by atoms with Gasteiger partial charge in [0.2, 0.25) is 22.7 Å². The second kappa shape index (κ2) is 7.29. The molecule has 7 nitrogen and oxygen atoms in total. The number of rotatable bonds is 7. The summed E-state index contributed by atoms with van der Waals surface area (Å²) in [6.45, 7) is 7.25. The smallest absolute Gasteiger partial charge is 0.240 e. The van der Waals surface area contributed by atoms with Crippen LogP contribution in [0, 0.1) is 5.92 Å². The molecule has 0 spiro atoms. The molecule has 8 heteroatoms. The third-order valence-corrected chi connectivity index (χ3v) is 5.76. The number of sulfonamides is 1. The number of carbonyl (C=O) groups is 1. The van der Waals surface area contributed by atoms with Crippen molar-refractivity contribution in [3.63, 3.8) is 0 Å². The van der Waals surface area contributed by atoms with Crippen LogP contribution in [0.5, 0.6) is 11.5 Å². The SMILES string of the molecule is CCS(=O)(=O)N(CC(=O)N[C@H](C)C(C)C)c1ccc2c(c1)OCO2. The second-order valence-corrected chi connectivity index (χ2v) is 8.23. The molecular weight excluding hydrogens is 332 g/mol. The number of benzene rings is 1. The molecule has 1 atom stereocenters. The fraction of sp³-hybridized carbons (Fsp3) is 0.562. The van der Waals surface area contributed by atoms with Crippen LogP contribution < -0.4 is 19.1 Å². The second-order valence-electron chi connectivity index (χ2n) is 6.04. The predicted molar refractivity (Wildman–Crippen MR) is 91.8 cm³/mol. The van der Waals surface area contributed by atoms with E-state index in [2.05, 4.69) is 5.32 Å². The maximum absolute atomic E-state index is 12.4. The maximum atomic E-state index is 12.4. The Morgan fingerprint density at radius 3 is 2.54 bits per heavy atom. The van der Waals surface area contributed by atoms with E-state index in [0.717, 1.165) is 4.31 Å². The largest absolute Gasteiger partial charge is 0.454 e. The Labute approximate surface area is 143 Å². The van der Waals surface area contributed by atoms with Crippen LogP contribution in [0.4, 0.5) is 5.69 Å². The Bertz CT molecular complexity index is 702. The van der Waals surface area contributed by atoms with Crippen molar-refractivity contribution in [2.24, 2.45) is 5.92 Å². The molecule has 0 aliphatic carbocycles. The number of ether oxygens (including phenoxy) is 2. The number of nitrogens with one attached hydrogen (secondary N) is 1. The topological polar surface area (TPSA) is 84.9 Å². The zero-order chi connectivity index (χ0) is 17.9. The highest BCUT2D eigenvalue weighted by Crippen LogP contribution is 2.36. The van der Waals surface area contributed by atoms with Crippen molar-refractivity contribution in [3.8, 4) is 11.5 Å². The molecule has 0 aromatic heterocycles. The Morgan fingerprint density at radius 1 is 1.25 bits per heavy atom. The number of anilines is 1. The van der Waals surface area contributed by atoms with Gasteiger partial charge in [-0.1, -0.05) is 13.8 Å². The van der Waals surface area contributed by atoms with E-state index in [1.54, 1.807) is 25.1 Å². The molecular formula is C16H24N2O5S. The van der Waals surface area contributed by atoms with Crippen LogP contribution in [-0.2, 0) is 14.8 Å². The molecule has 0 fully saturated rings. The molecule has 1 N–H and O–H groups in total. The quantitative estimate of drug-likeness (QED) is 0.804. The van der Waals surface area contributed by atoms with E-state index in [-0.39, 0.29) is 37.0 Å². The molecule has 0 radical (unpaired) electrons. The van der Waals surface area contributed by atoms with E-state index in [0.29, 0.717) is 17.2 Å². The predicted octanol–water partition coefficient (Wildman–Crippen LogP) is 1.73. The molecule has 1 heterocycles. The monoisotopic (exact) mass is 356 g/mol. The summed E-state index contributed by atoms with van der Waals surface area (Å²) in [6, 6.07) is 4.79. The summed E-state index contributed by atoms with van der Waals surface area (Å²) in [4.78, 5) is 12.3. The van der Waals surface area contributed by atoms with Crippen molar-refractivity contribution in [1.82, 2.24) is 5.32 Å². The summed E-state index contributed by atoms with van der Waals surface area (Å²) in [5.74, 6) is 0.848. The van der Waals surface area contributed by atoms with Gasteiger partial charge in [-0.05, 0) is 31.9 Å².